The summed E-state index contributed by atoms with van der Waals surface area (Å²) in [4.78, 5) is 38.2. The zero-order chi connectivity index (χ0) is 20.1. The lowest BCUT2D eigenvalue weighted by molar-refractivity contribution is -0.123. The molecule has 28 heavy (non-hydrogen) atoms. The Bertz CT molecular complexity index is 880. The Morgan fingerprint density at radius 2 is 1.75 bits per heavy atom. The van der Waals surface area contributed by atoms with E-state index in [0.29, 0.717) is 29.2 Å². The van der Waals surface area contributed by atoms with E-state index in [1.807, 2.05) is 32.0 Å². The fourth-order valence-corrected chi connectivity index (χ4v) is 2.90. The molecule has 7 nitrogen and oxygen atoms in total. The first kappa shape index (κ1) is 19.4. The maximum atomic E-state index is 12.4. The third-order valence-electron chi connectivity index (χ3n) is 4.14. The van der Waals surface area contributed by atoms with Gasteiger partial charge in [0, 0.05) is 17.8 Å². The van der Waals surface area contributed by atoms with Crippen molar-refractivity contribution < 1.29 is 19.1 Å². The molecule has 3 amide bonds. The lowest BCUT2D eigenvalue weighted by atomic mass is 10.1. The molecule has 0 aliphatic carbocycles. The number of nitrogens with one attached hydrogen (secondary N) is 2. The summed E-state index contributed by atoms with van der Waals surface area (Å²) in [6.45, 7) is 3.65. The van der Waals surface area contributed by atoms with Crippen LogP contribution in [0, 0.1) is 5.92 Å². The third kappa shape index (κ3) is 4.88. The molecule has 0 atom stereocenters. The molecule has 7 heteroatoms. The lowest BCUT2D eigenvalue weighted by Gasteiger charge is -2.29. The van der Waals surface area contributed by atoms with Crippen LogP contribution in [0.25, 0.3) is 0 Å². The minimum Gasteiger partial charge on any atom is -0.482 e. The number of hydrogen-bond donors (Lipinski definition) is 2. The van der Waals surface area contributed by atoms with Gasteiger partial charge in [-0.05, 0) is 36.2 Å². The fraction of sp³-hybridized carbons (Fsp3) is 0.286. The van der Waals surface area contributed by atoms with Crippen LogP contribution in [0.3, 0.4) is 0 Å². The normalized spacial score (nSPS) is 13.0. The number of hydrogen-bond acceptors (Lipinski definition) is 4. The number of fused-ring (bicyclic) bond motifs is 1. The predicted molar refractivity (Wildman–Crippen MR) is 107 cm³/mol. The summed E-state index contributed by atoms with van der Waals surface area (Å²) in [5, 5.41) is 5.58. The van der Waals surface area contributed by atoms with E-state index in [1.165, 1.54) is 4.90 Å². The quantitative estimate of drug-likeness (QED) is 0.805. The SMILES string of the molecule is CC(C)CC(=O)Nc1ccc2c(c1)N(CC(=O)Nc1ccccc1)C(=O)CO2. The molecular weight excluding hydrogens is 358 g/mol. The number of para-hydroxylation sites is 1. The molecule has 0 fully saturated rings. The number of ether oxygens (including phenoxy) is 1. The zero-order valence-corrected chi connectivity index (χ0v) is 15.9. The van der Waals surface area contributed by atoms with Gasteiger partial charge in [-0.2, -0.15) is 0 Å². The van der Waals surface area contributed by atoms with Crippen LogP contribution in [0.1, 0.15) is 20.3 Å². The van der Waals surface area contributed by atoms with E-state index in [1.54, 1.807) is 30.3 Å². The van der Waals surface area contributed by atoms with Crippen LogP contribution in [0.15, 0.2) is 48.5 Å². The Hall–Kier alpha value is -3.35. The Kier molecular flexibility index (Phi) is 5.93. The van der Waals surface area contributed by atoms with Crippen molar-refractivity contribution in [3.63, 3.8) is 0 Å². The van der Waals surface area contributed by atoms with Gasteiger partial charge in [-0.1, -0.05) is 32.0 Å². The Balaban J connectivity index is 1.76. The molecule has 2 N–H and O–H groups in total. The predicted octanol–water partition coefficient (Wildman–Crippen LogP) is 3.04. The highest BCUT2D eigenvalue weighted by molar-refractivity contribution is 6.05. The summed E-state index contributed by atoms with van der Waals surface area (Å²) >= 11 is 0. The summed E-state index contributed by atoms with van der Waals surface area (Å²) in [5.74, 6) is -0.0101. The summed E-state index contributed by atoms with van der Waals surface area (Å²) < 4.78 is 5.45. The molecule has 2 aromatic rings. The van der Waals surface area contributed by atoms with Gasteiger partial charge >= 0.3 is 0 Å². The number of rotatable bonds is 6. The topological polar surface area (TPSA) is 87.7 Å². The van der Waals surface area contributed by atoms with Crippen molar-refractivity contribution in [2.45, 2.75) is 20.3 Å². The minimum absolute atomic E-state index is 0.105. The molecule has 0 saturated carbocycles. The molecule has 3 rings (SSSR count). The third-order valence-corrected chi connectivity index (χ3v) is 4.14. The molecule has 0 aromatic heterocycles. The average molecular weight is 381 g/mol. The smallest absolute Gasteiger partial charge is 0.265 e. The molecule has 0 bridgehead atoms. The number of carbonyl (C=O) groups is 3. The number of nitrogens with zero attached hydrogens (tertiary/aromatic N) is 1. The van der Waals surface area contributed by atoms with E-state index in [-0.39, 0.29) is 36.8 Å². The lowest BCUT2D eigenvalue weighted by Crippen LogP contribution is -2.43. The van der Waals surface area contributed by atoms with Crippen LogP contribution in [0.5, 0.6) is 5.75 Å². The molecule has 1 aliphatic rings. The first-order valence-corrected chi connectivity index (χ1v) is 9.14. The van der Waals surface area contributed by atoms with Crippen molar-refractivity contribution in [3.8, 4) is 5.75 Å². The Morgan fingerprint density at radius 1 is 1.04 bits per heavy atom. The maximum Gasteiger partial charge on any atom is 0.265 e. The van der Waals surface area contributed by atoms with Gasteiger partial charge in [-0.25, -0.2) is 0 Å². The monoisotopic (exact) mass is 381 g/mol. The first-order chi connectivity index (χ1) is 13.4. The number of anilines is 3. The molecule has 1 aliphatic heterocycles. The maximum absolute atomic E-state index is 12.4. The van der Waals surface area contributed by atoms with Crippen LogP contribution in [-0.2, 0) is 14.4 Å². The van der Waals surface area contributed by atoms with Gasteiger partial charge in [0.2, 0.25) is 11.8 Å². The van der Waals surface area contributed by atoms with Crippen LogP contribution in [0.2, 0.25) is 0 Å². The van der Waals surface area contributed by atoms with Crippen LogP contribution in [0.4, 0.5) is 17.1 Å². The van der Waals surface area contributed by atoms with Gasteiger partial charge in [0.25, 0.3) is 5.91 Å². The van der Waals surface area contributed by atoms with Crippen LogP contribution < -0.4 is 20.3 Å². The number of benzene rings is 2. The molecule has 0 radical (unpaired) electrons. The van der Waals surface area contributed by atoms with E-state index in [9.17, 15) is 14.4 Å². The van der Waals surface area contributed by atoms with Gasteiger partial charge in [0.05, 0.1) is 5.69 Å². The van der Waals surface area contributed by atoms with Crippen molar-refractivity contribution in [2.24, 2.45) is 5.92 Å². The molecule has 0 unspecified atom stereocenters. The molecule has 1 heterocycles. The van der Waals surface area contributed by atoms with Gasteiger partial charge in [0.1, 0.15) is 12.3 Å². The van der Waals surface area contributed by atoms with E-state index in [4.69, 9.17) is 4.74 Å². The zero-order valence-electron chi connectivity index (χ0n) is 15.9. The molecule has 0 saturated heterocycles. The van der Waals surface area contributed by atoms with Crippen molar-refractivity contribution >= 4 is 34.8 Å². The molecule has 0 spiro atoms. The van der Waals surface area contributed by atoms with Crippen molar-refractivity contribution in [1.29, 1.82) is 0 Å². The van der Waals surface area contributed by atoms with Crippen molar-refractivity contribution in [2.75, 3.05) is 28.7 Å². The Morgan fingerprint density at radius 3 is 2.46 bits per heavy atom. The minimum atomic E-state index is -0.318. The highest BCUT2D eigenvalue weighted by atomic mass is 16.5. The second kappa shape index (κ2) is 8.56. The van der Waals surface area contributed by atoms with E-state index in [0.717, 1.165) is 0 Å². The largest absolute Gasteiger partial charge is 0.482 e. The van der Waals surface area contributed by atoms with Gasteiger partial charge < -0.3 is 15.4 Å². The van der Waals surface area contributed by atoms with E-state index >= 15 is 0 Å². The summed E-state index contributed by atoms with van der Waals surface area (Å²) in [6, 6.07) is 14.1. The Labute approximate surface area is 163 Å². The van der Waals surface area contributed by atoms with Gasteiger partial charge in [-0.3, -0.25) is 19.3 Å². The number of amides is 3. The van der Waals surface area contributed by atoms with E-state index in [2.05, 4.69) is 10.6 Å². The van der Waals surface area contributed by atoms with Crippen LogP contribution in [-0.4, -0.2) is 30.9 Å². The standard InChI is InChI=1S/C21H23N3O4/c1-14(2)10-19(25)23-16-8-9-18-17(11-16)24(21(27)13-28-18)12-20(26)22-15-6-4-3-5-7-15/h3-9,11,14H,10,12-13H2,1-2H3,(H,22,26)(H,23,25). The van der Waals surface area contributed by atoms with Crippen molar-refractivity contribution in [1.82, 2.24) is 0 Å². The summed E-state index contributed by atoms with van der Waals surface area (Å²) in [6.07, 6.45) is 0.399. The van der Waals surface area contributed by atoms with Crippen LogP contribution >= 0.6 is 0 Å². The second-order valence-corrected chi connectivity index (χ2v) is 7.01. The fourth-order valence-electron chi connectivity index (χ4n) is 2.90. The summed E-state index contributed by atoms with van der Waals surface area (Å²) in [5.41, 5.74) is 1.67. The number of carbonyl (C=O) groups excluding carboxylic acids is 3. The van der Waals surface area contributed by atoms with Gasteiger partial charge in [-0.15, -0.1) is 0 Å². The summed E-state index contributed by atoms with van der Waals surface area (Å²) in [7, 11) is 0. The van der Waals surface area contributed by atoms with Crippen molar-refractivity contribution in [3.05, 3.63) is 48.5 Å². The highest BCUT2D eigenvalue weighted by Gasteiger charge is 2.28. The highest BCUT2D eigenvalue weighted by Crippen LogP contribution is 2.34. The second-order valence-electron chi connectivity index (χ2n) is 7.01. The molecular formula is C21H23N3O4. The first-order valence-electron chi connectivity index (χ1n) is 9.14. The van der Waals surface area contributed by atoms with E-state index < -0.39 is 0 Å². The molecule has 2 aromatic carbocycles. The van der Waals surface area contributed by atoms with Gasteiger partial charge in [0.15, 0.2) is 6.61 Å². The average Bonchev–Trinajstić information content (AvgIpc) is 2.64. The molecule has 146 valence electrons.